The average molecular weight is 304 g/mol. The number of rotatable bonds is 6. The Morgan fingerprint density at radius 3 is 2.82 bits per heavy atom. The third-order valence-electron chi connectivity index (χ3n) is 2.66. The highest BCUT2D eigenvalue weighted by Gasteiger charge is 2.08. The average Bonchev–Trinajstić information content (AvgIpc) is 2.53. The predicted octanol–water partition coefficient (Wildman–Crippen LogP) is 2.42. The molecule has 0 unspecified atom stereocenters. The maximum absolute atomic E-state index is 13.6. The lowest BCUT2D eigenvalue weighted by molar-refractivity contribution is 0.273. The van der Waals surface area contributed by atoms with E-state index in [0.29, 0.717) is 5.75 Å². The Labute approximate surface area is 128 Å². The molecule has 0 saturated carbocycles. The van der Waals surface area contributed by atoms with Crippen LogP contribution in [-0.4, -0.2) is 42.4 Å². The molecule has 0 amide bonds. The van der Waals surface area contributed by atoms with Gasteiger partial charge in [0.2, 0.25) is 0 Å². The zero-order chi connectivity index (χ0) is 15.9. The summed E-state index contributed by atoms with van der Waals surface area (Å²) in [5.41, 5.74) is 0.844. The molecule has 0 aliphatic heterocycles. The second-order valence-corrected chi connectivity index (χ2v) is 4.63. The van der Waals surface area contributed by atoms with E-state index < -0.39 is 5.82 Å². The van der Waals surface area contributed by atoms with Crippen LogP contribution >= 0.6 is 0 Å². The van der Waals surface area contributed by atoms with Crippen molar-refractivity contribution in [1.29, 1.82) is 0 Å². The molecule has 0 radical (unpaired) electrons. The molecule has 1 aromatic carbocycles. The summed E-state index contributed by atoms with van der Waals surface area (Å²) in [6, 6.07) is 7.49. The predicted molar refractivity (Wildman–Crippen MR) is 81.2 cm³/mol. The van der Waals surface area contributed by atoms with Crippen LogP contribution in [0.1, 0.15) is 5.56 Å². The Balaban J connectivity index is 2.12. The zero-order valence-electron chi connectivity index (χ0n) is 12.7. The number of hydrogen-bond acceptors (Lipinski definition) is 5. The zero-order valence-corrected chi connectivity index (χ0v) is 12.7. The van der Waals surface area contributed by atoms with Crippen LogP contribution < -0.4 is 9.47 Å². The fourth-order valence-electron chi connectivity index (χ4n) is 1.64. The van der Waals surface area contributed by atoms with Crippen molar-refractivity contribution in [3.05, 3.63) is 41.8 Å². The first-order valence-corrected chi connectivity index (χ1v) is 6.58. The van der Waals surface area contributed by atoms with Crippen LogP contribution in [0.4, 0.5) is 10.2 Å². The molecule has 2 aromatic rings. The van der Waals surface area contributed by atoms with Gasteiger partial charge in [-0.1, -0.05) is 18.2 Å². The molecule has 0 aliphatic carbocycles. The standard InChI is InChI=1S/C15H17FN4O2/c1-20(2)10-18-14-12(16)8-17-15(19-14)22-9-11-6-4-5-7-13(11)21-3/h4-8,10H,9H2,1-3H3/b18-10+. The summed E-state index contributed by atoms with van der Waals surface area (Å²) >= 11 is 0. The number of para-hydroxylation sites is 1. The number of methoxy groups -OCH3 is 1. The van der Waals surface area contributed by atoms with E-state index in [4.69, 9.17) is 9.47 Å². The third-order valence-corrected chi connectivity index (χ3v) is 2.66. The summed E-state index contributed by atoms with van der Waals surface area (Å²) in [4.78, 5) is 13.3. The van der Waals surface area contributed by atoms with E-state index in [1.165, 1.54) is 6.34 Å². The first-order valence-electron chi connectivity index (χ1n) is 6.58. The molecule has 6 nitrogen and oxygen atoms in total. The molecule has 0 spiro atoms. The second kappa shape index (κ2) is 7.35. The number of aromatic nitrogens is 2. The van der Waals surface area contributed by atoms with Gasteiger partial charge in [0, 0.05) is 19.7 Å². The molecule has 0 saturated heterocycles. The number of ether oxygens (including phenoxy) is 2. The van der Waals surface area contributed by atoms with E-state index in [0.717, 1.165) is 11.8 Å². The van der Waals surface area contributed by atoms with E-state index >= 15 is 0 Å². The summed E-state index contributed by atoms with van der Waals surface area (Å²) < 4.78 is 24.3. The van der Waals surface area contributed by atoms with Crippen molar-refractivity contribution in [1.82, 2.24) is 14.9 Å². The van der Waals surface area contributed by atoms with Crippen LogP contribution in [0.15, 0.2) is 35.5 Å². The van der Waals surface area contributed by atoms with E-state index in [9.17, 15) is 4.39 Å². The lowest BCUT2D eigenvalue weighted by Gasteiger charge is -2.09. The molecule has 2 rings (SSSR count). The second-order valence-electron chi connectivity index (χ2n) is 4.63. The molecular formula is C15H17FN4O2. The van der Waals surface area contributed by atoms with Crippen LogP contribution in [0.3, 0.4) is 0 Å². The van der Waals surface area contributed by atoms with E-state index in [2.05, 4.69) is 15.0 Å². The lowest BCUT2D eigenvalue weighted by atomic mass is 10.2. The Morgan fingerprint density at radius 1 is 1.32 bits per heavy atom. The fourth-order valence-corrected chi connectivity index (χ4v) is 1.64. The summed E-state index contributed by atoms with van der Waals surface area (Å²) in [5, 5.41) is 0. The quantitative estimate of drug-likeness (QED) is 0.606. The topological polar surface area (TPSA) is 59.8 Å². The summed E-state index contributed by atoms with van der Waals surface area (Å²) in [5.74, 6) is 0.0249. The minimum Gasteiger partial charge on any atom is -0.496 e. The number of nitrogens with zero attached hydrogens (tertiary/aromatic N) is 4. The van der Waals surface area contributed by atoms with Gasteiger partial charge in [-0.3, -0.25) is 0 Å². The first kappa shape index (κ1) is 15.7. The molecule has 0 aliphatic rings. The Morgan fingerprint density at radius 2 is 2.09 bits per heavy atom. The molecule has 0 atom stereocenters. The summed E-state index contributed by atoms with van der Waals surface area (Å²) in [6.07, 6.45) is 2.49. The highest BCUT2D eigenvalue weighted by Crippen LogP contribution is 2.20. The van der Waals surface area contributed by atoms with Gasteiger partial charge >= 0.3 is 6.01 Å². The van der Waals surface area contributed by atoms with Crippen molar-refractivity contribution < 1.29 is 13.9 Å². The number of hydrogen-bond donors (Lipinski definition) is 0. The number of halogens is 1. The molecule has 0 bridgehead atoms. The Bertz CT molecular complexity index is 662. The highest BCUT2D eigenvalue weighted by atomic mass is 19.1. The van der Waals surface area contributed by atoms with E-state index in [-0.39, 0.29) is 18.4 Å². The maximum atomic E-state index is 13.6. The molecule has 116 valence electrons. The molecular weight excluding hydrogens is 287 g/mol. The van der Waals surface area contributed by atoms with E-state index in [1.54, 1.807) is 26.1 Å². The van der Waals surface area contributed by atoms with Gasteiger partial charge in [0.25, 0.3) is 0 Å². The SMILES string of the molecule is COc1ccccc1COc1ncc(F)c(/N=C/N(C)C)n1. The largest absolute Gasteiger partial charge is 0.496 e. The first-order chi connectivity index (χ1) is 10.6. The van der Waals surface area contributed by atoms with Gasteiger partial charge in [0.15, 0.2) is 11.6 Å². The van der Waals surface area contributed by atoms with Gasteiger partial charge in [-0.15, -0.1) is 0 Å². The minimum atomic E-state index is -0.609. The van der Waals surface area contributed by atoms with Crippen molar-refractivity contribution in [2.75, 3.05) is 21.2 Å². The summed E-state index contributed by atoms with van der Waals surface area (Å²) in [7, 11) is 5.14. The van der Waals surface area contributed by atoms with Crippen LogP contribution in [0.25, 0.3) is 0 Å². The van der Waals surface area contributed by atoms with Gasteiger partial charge in [0.1, 0.15) is 12.4 Å². The van der Waals surface area contributed by atoms with Crippen molar-refractivity contribution >= 4 is 12.2 Å². The smallest absolute Gasteiger partial charge is 0.318 e. The minimum absolute atomic E-state index is 0.0539. The van der Waals surface area contributed by atoms with Crippen LogP contribution in [0.2, 0.25) is 0 Å². The van der Waals surface area contributed by atoms with Gasteiger partial charge < -0.3 is 14.4 Å². The van der Waals surface area contributed by atoms with Crippen LogP contribution in [-0.2, 0) is 6.61 Å². The molecule has 0 fully saturated rings. The monoisotopic (exact) mass is 304 g/mol. The summed E-state index contributed by atoms with van der Waals surface area (Å²) in [6.45, 7) is 0.215. The van der Waals surface area contributed by atoms with Gasteiger partial charge in [-0.25, -0.2) is 14.4 Å². The third kappa shape index (κ3) is 4.15. The normalized spacial score (nSPS) is 10.7. The van der Waals surface area contributed by atoms with Crippen molar-refractivity contribution in [3.8, 4) is 11.8 Å². The highest BCUT2D eigenvalue weighted by molar-refractivity contribution is 5.59. The van der Waals surface area contributed by atoms with Crippen molar-refractivity contribution in [3.63, 3.8) is 0 Å². The van der Waals surface area contributed by atoms with Crippen LogP contribution in [0, 0.1) is 5.82 Å². The molecule has 0 N–H and O–H groups in total. The number of benzene rings is 1. The molecule has 7 heteroatoms. The van der Waals surface area contributed by atoms with E-state index in [1.807, 2.05) is 24.3 Å². The fraction of sp³-hybridized carbons (Fsp3) is 0.267. The molecule has 1 aromatic heterocycles. The molecule has 1 heterocycles. The Kier molecular flexibility index (Phi) is 5.24. The van der Waals surface area contributed by atoms with Crippen molar-refractivity contribution in [2.24, 2.45) is 4.99 Å². The lowest BCUT2D eigenvalue weighted by Crippen LogP contribution is -2.07. The van der Waals surface area contributed by atoms with Gasteiger partial charge in [-0.2, -0.15) is 4.98 Å². The Hall–Kier alpha value is -2.70. The van der Waals surface area contributed by atoms with Crippen molar-refractivity contribution in [2.45, 2.75) is 6.61 Å². The number of aliphatic imine (C=N–C) groups is 1. The van der Waals surface area contributed by atoms with Crippen LogP contribution in [0.5, 0.6) is 11.8 Å². The maximum Gasteiger partial charge on any atom is 0.318 e. The van der Waals surface area contributed by atoms with Gasteiger partial charge in [0.05, 0.1) is 19.6 Å². The van der Waals surface area contributed by atoms with Gasteiger partial charge in [-0.05, 0) is 6.07 Å². The molecule has 22 heavy (non-hydrogen) atoms.